The van der Waals surface area contributed by atoms with Gasteiger partial charge >= 0.3 is 0 Å². The predicted octanol–water partition coefficient (Wildman–Crippen LogP) is 6.55. The average Bonchev–Trinajstić information content (AvgIpc) is 2.53. The summed E-state index contributed by atoms with van der Waals surface area (Å²) in [6.45, 7) is 2.24. The van der Waals surface area contributed by atoms with Crippen LogP contribution in [0.3, 0.4) is 0 Å². The molecule has 0 aromatic heterocycles. The maximum Gasteiger partial charge on any atom is 0.0487 e. The molecule has 0 spiro atoms. The number of unbranched alkanes of at least 4 members (excludes halogenated alkanes) is 3. The van der Waals surface area contributed by atoms with Crippen LogP contribution in [0.15, 0.2) is 54.6 Å². The van der Waals surface area contributed by atoms with Gasteiger partial charge in [-0.2, -0.15) is 0 Å². The summed E-state index contributed by atoms with van der Waals surface area (Å²) in [5.74, 6) is 0. The largest absolute Gasteiger partial charge is 0.0837 e. The molecule has 0 aliphatic carbocycles. The predicted molar refractivity (Wildman–Crippen MR) is 94.5 cm³/mol. The first-order chi connectivity index (χ1) is 10.3. The molecular weight excluding hydrogens is 276 g/mol. The fourth-order valence-corrected chi connectivity index (χ4v) is 2.80. The van der Waals surface area contributed by atoms with E-state index in [1.807, 2.05) is 24.3 Å². The Balaban J connectivity index is 2.13. The van der Waals surface area contributed by atoms with Crippen molar-refractivity contribution >= 4 is 22.7 Å². The molecule has 0 saturated carbocycles. The van der Waals surface area contributed by atoms with E-state index < -0.39 is 0 Å². The minimum absolute atomic E-state index is 0.826. The molecular formula is C20H23Cl. The first kappa shape index (κ1) is 15.9. The molecule has 0 aliphatic heterocycles. The summed E-state index contributed by atoms with van der Waals surface area (Å²) in [4.78, 5) is 0. The van der Waals surface area contributed by atoms with Crippen LogP contribution >= 0.6 is 11.6 Å². The topological polar surface area (TPSA) is 0 Å². The second-order valence-corrected chi connectivity index (χ2v) is 5.78. The fourth-order valence-electron chi connectivity index (χ4n) is 2.49. The Hall–Kier alpha value is -1.53. The Labute approximate surface area is 133 Å². The van der Waals surface area contributed by atoms with Crippen molar-refractivity contribution in [2.24, 2.45) is 0 Å². The van der Waals surface area contributed by atoms with Gasteiger partial charge in [0.15, 0.2) is 0 Å². The highest BCUT2D eigenvalue weighted by molar-refractivity contribution is 6.51. The Kier molecular flexibility index (Phi) is 6.56. The van der Waals surface area contributed by atoms with E-state index in [0.29, 0.717) is 0 Å². The van der Waals surface area contributed by atoms with Gasteiger partial charge in [-0.15, -0.1) is 0 Å². The van der Waals surface area contributed by atoms with Crippen molar-refractivity contribution in [3.8, 4) is 0 Å². The maximum atomic E-state index is 6.55. The number of hydrogen-bond acceptors (Lipinski definition) is 0. The van der Waals surface area contributed by atoms with Gasteiger partial charge in [0.1, 0.15) is 0 Å². The number of rotatable bonds is 7. The van der Waals surface area contributed by atoms with Crippen molar-refractivity contribution in [2.75, 3.05) is 0 Å². The smallest absolute Gasteiger partial charge is 0.0487 e. The first-order valence-corrected chi connectivity index (χ1v) is 8.19. The van der Waals surface area contributed by atoms with E-state index in [0.717, 1.165) is 17.0 Å². The number of aryl methyl sites for hydroxylation is 1. The van der Waals surface area contributed by atoms with Crippen molar-refractivity contribution in [2.45, 2.75) is 39.0 Å². The maximum absolute atomic E-state index is 6.55. The Morgan fingerprint density at radius 1 is 0.905 bits per heavy atom. The number of benzene rings is 2. The van der Waals surface area contributed by atoms with Crippen LogP contribution < -0.4 is 0 Å². The monoisotopic (exact) mass is 298 g/mol. The fraction of sp³-hybridized carbons (Fsp3) is 0.300. The summed E-state index contributed by atoms with van der Waals surface area (Å²) in [5, 5.41) is 0.826. The highest BCUT2D eigenvalue weighted by Gasteiger charge is 2.05. The molecule has 110 valence electrons. The van der Waals surface area contributed by atoms with Crippen LogP contribution in [0.5, 0.6) is 0 Å². The normalized spacial score (nSPS) is 11.6. The standard InChI is InChI=1S/C20H23Cl/c1-2-3-4-8-13-18-14-9-10-15-19(18)20(21)16-17-11-6-5-7-12-17/h5-7,9-12,14-16H,2-4,8,13H2,1H3. The minimum atomic E-state index is 0.826. The van der Waals surface area contributed by atoms with Crippen LogP contribution in [0.4, 0.5) is 0 Å². The molecule has 0 nitrogen and oxygen atoms in total. The Morgan fingerprint density at radius 2 is 1.62 bits per heavy atom. The third-order valence-electron chi connectivity index (χ3n) is 3.67. The molecule has 21 heavy (non-hydrogen) atoms. The van der Waals surface area contributed by atoms with Crippen molar-refractivity contribution < 1.29 is 0 Å². The van der Waals surface area contributed by atoms with Gasteiger partial charge in [-0.05, 0) is 35.6 Å². The summed E-state index contributed by atoms with van der Waals surface area (Å²) < 4.78 is 0. The van der Waals surface area contributed by atoms with Gasteiger partial charge in [0.25, 0.3) is 0 Å². The zero-order valence-electron chi connectivity index (χ0n) is 12.7. The molecule has 0 fully saturated rings. The molecule has 1 heteroatoms. The van der Waals surface area contributed by atoms with Crippen molar-refractivity contribution in [3.05, 3.63) is 71.3 Å². The van der Waals surface area contributed by atoms with Crippen LogP contribution in [0.25, 0.3) is 11.1 Å². The second-order valence-electron chi connectivity index (χ2n) is 5.37. The van der Waals surface area contributed by atoms with E-state index in [1.54, 1.807) is 0 Å². The Morgan fingerprint density at radius 3 is 2.38 bits per heavy atom. The SMILES string of the molecule is CCCCCCc1ccccc1C(Cl)=Cc1ccccc1. The van der Waals surface area contributed by atoms with Crippen molar-refractivity contribution in [1.29, 1.82) is 0 Å². The van der Waals surface area contributed by atoms with Gasteiger partial charge in [0.05, 0.1) is 0 Å². The zero-order valence-corrected chi connectivity index (χ0v) is 13.4. The summed E-state index contributed by atoms with van der Waals surface area (Å²) >= 11 is 6.55. The highest BCUT2D eigenvalue weighted by atomic mass is 35.5. The quantitative estimate of drug-likeness (QED) is 0.402. The molecule has 0 aliphatic rings. The van der Waals surface area contributed by atoms with E-state index in [4.69, 9.17) is 11.6 Å². The molecule has 0 saturated heterocycles. The number of hydrogen-bond donors (Lipinski definition) is 0. The Bertz CT molecular complexity index is 569. The molecule has 0 unspecified atom stereocenters. The molecule has 0 amide bonds. The van der Waals surface area contributed by atoms with E-state index in [-0.39, 0.29) is 0 Å². The molecule has 0 bridgehead atoms. The lowest BCUT2D eigenvalue weighted by atomic mass is 10.00. The third kappa shape index (κ3) is 5.06. The highest BCUT2D eigenvalue weighted by Crippen LogP contribution is 2.26. The van der Waals surface area contributed by atoms with Gasteiger partial charge in [0.2, 0.25) is 0 Å². The third-order valence-corrected chi connectivity index (χ3v) is 3.98. The molecule has 2 rings (SSSR count). The van der Waals surface area contributed by atoms with Crippen LogP contribution in [-0.4, -0.2) is 0 Å². The van der Waals surface area contributed by atoms with E-state index in [1.165, 1.54) is 36.8 Å². The van der Waals surface area contributed by atoms with E-state index >= 15 is 0 Å². The second kappa shape index (κ2) is 8.69. The molecule has 0 radical (unpaired) electrons. The average molecular weight is 299 g/mol. The molecule has 0 heterocycles. The zero-order chi connectivity index (χ0) is 14.9. The van der Waals surface area contributed by atoms with Gasteiger partial charge in [-0.3, -0.25) is 0 Å². The summed E-state index contributed by atoms with van der Waals surface area (Å²) in [7, 11) is 0. The van der Waals surface area contributed by atoms with Crippen LogP contribution in [-0.2, 0) is 6.42 Å². The summed E-state index contributed by atoms with van der Waals surface area (Å²) in [5.41, 5.74) is 3.66. The van der Waals surface area contributed by atoms with E-state index in [2.05, 4.69) is 43.3 Å². The van der Waals surface area contributed by atoms with Crippen LogP contribution in [0.1, 0.15) is 49.3 Å². The molecule has 2 aromatic rings. The summed E-state index contributed by atoms with van der Waals surface area (Å²) in [6.07, 6.45) is 8.28. The lowest BCUT2D eigenvalue weighted by Crippen LogP contribution is -1.92. The minimum Gasteiger partial charge on any atom is -0.0837 e. The van der Waals surface area contributed by atoms with Gasteiger partial charge < -0.3 is 0 Å². The van der Waals surface area contributed by atoms with Gasteiger partial charge in [-0.25, -0.2) is 0 Å². The molecule has 0 atom stereocenters. The van der Waals surface area contributed by atoms with Crippen LogP contribution in [0, 0.1) is 0 Å². The van der Waals surface area contributed by atoms with Gasteiger partial charge in [0, 0.05) is 5.03 Å². The number of halogens is 1. The van der Waals surface area contributed by atoms with Gasteiger partial charge in [-0.1, -0.05) is 92.4 Å². The van der Waals surface area contributed by atoms with Crippen molar-refractivity contribution in [3.63, 3.8) is 0 Å². The van der Waals surface area contributed by atoms with E-state index in [9.17, 15) is 0 Å². The first-order valence-electron chi connectivity index (χ1n) is 7.82. The molecule has 2 aromatic carbocycles. The lowest BCUT2D eigenvalue weighted by molar-refractivity contribution is 0.666. The van der Waals surface area contributed by atoms with Crippen molar-refractivity contribution in [1.82, 2.24) is 0 Å². The molecule has 0 N–H and O–H groups in total. The van der Waals surface area contributed by atoms with Crippen LogP contribution in [0.2, 0.25) is 0 Å². The lowest BCUT2D eigenvalue weighted by Gasteiger charge is -2.09. The summed E-state index contributed by atoms with van der Waals surface area (Å²) in [6, 6.07) is 18.7.